The van der Waals surface area contributed by atoms with Gasteiger partial charge in [-0.3, -0.25) is 0 Å². The van der Waals surface area contributed by atoms with E-state index in [1.54, 1.807) is 21.3 Å². The predicted octanol–water partition coefficient (Wildman–Crippen LogP) is 0.213. The molecular formula is C6H17NO3Sn. The predicted molar refractivity (Wildman–Crippen MR) is 45.3 cm³/mol. The van der Waals surface area contributed by atoms with Crippen LogP contribution in [0.25, 0.3) is 0 Å². The molecular weight excluding hydrogens is 253 g/mol. The number of rotatable bonds is 6. The average molecular weight is 270 g/mol. The molecule has 0 fully saturated rings. The van der Waals surface area contributed by atoms with Gasteiger partial charge in [0.15, 0.2) is 0 Å². The van der Waals surface area contributed by atoms with Gasteiger partial charge in [0.2, 0.25) is 0 Å². The van der Waals surface area contributed by atoms with Gasteiger partial charge in [-0.1, -0.05) is 0 Å². The van der Waals surface area contributed by atoms with E-state index in [1.165, 1.54) is 0 Å². The van der Waals surface area contributed by atoms with Crippen LogP contribution in [-0.4, -0.2) is 47.5 Å². The normalized spacial score (nSPS) is 12.0. The maximum atomic E-state index is 5.37. The maximum absolute atomic E-state index is 5.37. The summed E-state index contributed by atoms with van der Waals surface area (Å²) in [5.41, 5.74) is 5.37. The topological polar surface area (TPSA) is 53.7 Å². The second-order valence-electron chi connectivity index (χ2n) is 2.19. The summed E-state index contributed by atoms with van der Waals surface area (Å²) in [5.74, 6) is 0. The van der Waals surface area contributed by atoms with Crippen LogP contribution in [0.3, 0.4) is 0 Å². The SMILES string of the molecule is C[O][Sn]([CH2]CCN)([O]C)[O]C. The van der Waals surface area contributed by atoms with E-state index >= 15 is 0 Å². The van der Waals surface area contributed by atoms with E-state index in [1.807, 2.05) is 0 Å². The summed E-state index contributed by atoms with van der Waals surface area (Å²) >= 11 is -3.04. The Labute approximate surface area is 73.5 Å². The fourth-order valence-corrected chi connectivity index (χ4v) is 5.87. The quantitative estimate of drug-likeness (QED) is 0.701. The molecule has 0 unspecified atom stereocenters. The molecule has 11 heavy (non-hydrogen) atoms. The van der Waals surface area contributed by atoms with E-state index in [4.69, 9.17) is 15.0 Å². The standard InChI is InChI=1S/C3H8N.3CH3O.Sn/c1-2-3-4;3*1-2;/h1-4H2;3*1H3;/q;3*-1;+3. The van der Waals surface area contributed by atoms with E-state index in [-0.39, 0.29) is 0 Å². The van der Waals surface area contributed by atoms with Crippen molar-refractivity contribution in [2.24, 2.45) is 5.73 Å². The van der Waals surface area contributed by atoms with Crippen molar-refractivity contribution in [3.8, 4) is 0 Å². The molecule has 0 saturated heterocycles. The molecule has 0 bridgehead atoms. The van der Waals surface area contributed by atoms with Crippen molar-refractivity contribution in [2.45, 2.75) is 10.9 Å². The number of nitrogens with two attached hydrogens (primary N) is 1. The van der Waals surface area contributed by atoms with Gasteiger partial charge in [-0.15, -0.1) is 0 Å². The molecule has 0 radical (unpaired) electrons. The molecule has 68 valence electrons. The van der Waals surface area contributed by atoms with Gasteiger partial charge < -0.3 is 0 Å². The van der Waals surface area contributed by atoms with Crippen LogP contribution in [0.2, 0.25) is 4.44 Å². The summed E-state index contributed by atoms with van der Waals surface area (Å²) in [4.78, 5) is 0. The van der Waals surface area contributed by atoms with Crippen molar-refractivity contribution < 1.29 is 9.22 Å². The van der Waals surface area contributed by atoms with Crippen molar-refractivity contribution in [1.29, 1.82) is 0 Å². The van der Waals surface area contributed by atoms with Crippen LogP contribution in [0.15, 0.2) is 0 Å². The van der Waals surface area contributed by atoms with Crippen molar-refractivity contribution in [3.63, 3.8) is 0 Å². The number of hydrogen-bond acceptors (Lipinski definition) is 4. The summed E-state index contributed by atoms with van der Waals surface area (Å²) in [5, 5.41) is 0. The van der Waals surface area contributed by atoms with Crippen LogP contribution in [-0.2, 0) is 9.22 Å². The summed E-state index contributed by atoms with van der Waals surface area (Å²) in [6.45, 7) is 0.661. The Morgan fingerprint density at radius 3 is 1.82 bits per heavy atom. The molecule has 0 atom stereocenters. The Kier molecular flexibility index (Phi) is 6.55. The Bertz CT molecular complexity index is 89.6. The summed E-state index contributed by atoms with van der Waals surface area (Å²) in [7, 11) is 4.92. The molecule has 0 saturated carbocycles. The van der Waals surface area contributed by atoms with Crippen LogP contribution >= 0.6 is 0 Å². The molecule has 0 aromatic carbocycles. The molecule has 5 heteroatoms. The Morgan fingerprint density at radius 2 is 1.55 bits per heavy atom. The van der Waals surface area contributed by atoms with Crippen LogP contribution in [0.4, 0.5) is 0 Å². The van der Waals surface area contributed by atoms with E-state index in [9.17, 15) is 0 Å². The van der Waals surface area contributed by atoms with Crippen LogP contribution in [0.1, 0.15) is 6.42 Å². The first-order valence-corrected chi connectivity index (χ1v) is 9.11. The first-order chi connectivity index (χ1) is 5.24. The molecule has 0 heterocycles. The van der Waals surface area contributed by atoms with Crippen LogP contribution in [0, 0.1) is 0 Å². The van der Waals surface area contributed by atoms with Gasteiger partial charge in [0, 0.05) is 0 Å². The Morgan fingerprint density at radius 1 is 1.09 bits per heavy atom. The van der Waals surface area contributed by atoms with E-state index < -0.39 is 19.6 Å². The molecule has 0 aliphatic carbocycles. The van der Waals surface area contributed by atoms with Crippen molar-refractivity contribution in [1.82, 2.24) is 0 Å². The van der Waals surface area contributed by atoms with Gasteiger partial charge in [0.25, 0.3) is 0 Å². The monoisotopic (exact) mass is 271 g/mol. The summed E-state index contributed by atoms with van der Waals surface area (Å²) in [6.07, 6.45) is 0.908. The second-order valence-corrected chi connectivity index (χ2v) is 11.0. The molecule has 0 aliphatic heterocycles. The van der Waals surface area contributed by atoms with Crippen molar-refractivity contribution in [2.75, 3.05) is 27.9 Å². The zero-order valence-corrected chi connectivity index (χ0v) is 10.3. The van der Waals surface area contributed by atoms with E-state index in [0.717, 1.165) is 10.9 Å². The van der Waals surface area contributed by atoms with E-state index in [0.29, 0.717) is 6.54 Å². The van der Waals surface area contributed by atoms with Crippen LogP contribution in [0.5, 0.6) is 0 Å². The fourth-order valence-electron chi connectivity index (χ4n) is 0.875. The first-order valence-electron chi connectivity index (χ1n) is 3.60. The number of hydrogen-bond donors (Lipinski definition) is 1. The minimum absolute atomic E-state index is 0.661. The molecule has 0 aliphatic rings. The third-order valence-corrected chi connectivity index (χ3v) is 9.70. The minimum atomic E-state index is -3.04. The molecule has 0 aromatic rings. The molecule has 0 aromatic heterocycles. The summed E-state index contributed by atoms with van der Waals surface area (Å²) in [6, 6.07) is 0. The van der Waals surface area contributed by atoms with Gasteiger partial charge in [-0.05, 0) is 0 Å². The van der Waals surface area contributed by atoms with Gasteiger partial charge in [-0.25, -0.2) is 0 Å². The summed E-state index contributed by atoms with van der Waals surface area (Å²) < 4.78 is 16.6. The molecule has 0 spiro atoms. The van der Waals surface area contributed by atoms with Gasteiger partial charge in [-0.2, -0.15) is 0 Å². The molecule has 0 amide bonds. The van der Waals surface area contributed by atoms with Gasteiger partial charge >= 0.3 is 73.3 Å². The first kappa shape index (κ1) is 11.6. The second kappa shape index (κ2) is 6.19. The Balaban J connectivity index is 3.84. The van der Waals surface area contributed by atoms with Gasteiger partial charge in [0.05, 0.1) is 0 Å². The third kappa shape index (κ3) is 3.70. The average Bonchev–Trinajstić information content (AvgIpc) is 2.08. The Hall–Kier alpha value is 0.639. The zero-order chi connectivity index (χ0) is 8.74. The molecule has 0 rings (SSSR count). The van der Waals surface area contributed by atoms with Crippen molar-refractivity contribution in [3.05, 3.63) is 0 Å². The molecule has 4 nitrogen and oxygen atoms in total. The molecule has 2 N–H and O–H groups in total. The fraction of sp³-hybridized carbons (Fsp3) is 1.00. The third-order valence-electron chi connectivity index (χ3n) is 1.62. The van der Waals surface area contributed by atoms with Gasteiger partial charge in [0.1, 0.15) is 0 Å². The van der Waals surface area contributed by atoms with Crippen LogP contribution < -0.4 is 5.73 Å². The van der Waals surface area contributed by atoms with Crippen molar-refractivity contribution >= 4 is 19.6 Å². The zero-order valence-electron chi connectivity index (χ0n) is 7.42. The van der Waals surface area contributed by atoms with E-state index in [2.05, 4.69) is 0 Å².